The topological polar surface area (TPSA) is 63.8 Å². The predicted molar refractivity (Wildman–Crippen MR) is 72.4 cm³/mol. The van der Waals surface area contributed by atoms with E-state index in [4.69, 9.17) is 5.73 Å². The quantitative estimate of drug-likeness (QED) is 0.865. The first-order valence-electron chi connectivity index (χ1n) is 6.25. The Morgan fingerprint density at radius 3 is 2.79 bits per heavy atom. The number of hydrogen-bond acceptors (Lipinski definition) is 4. The van der Waals surface area contributed by atoms with Crippen LogP contribution in [-0.2, 0) is 12.8 Å². The monoisotopic (exact) mass is 258 g/mol. The first-order chi connectivity index (χ1) is 9.10. The molecule has 1 heterocycles. The van der Waals surface area contributed by atoms with Crippen molar-refractivity contribution in [2.24, 2.45) is 0 Å². The minimum Gasteiger partial charge on any atom is -0.368 e. The molecule has 5 heteroatoms. The molecule has 1 aromatic heterocycles. The summed E-state index contributed by atoms with van der Waals surface area (Å²) < 4.78 is 13.2. The maximum absolute atomic E-state index is 13.2. The molecule has 1 aliphatic carbocycles. The number of benzene rings is 1. The summed E-state index contributed by atoms with van der Waals surface area (Å²) in [6, 6.07) is 7.06. The molecular formula is C14H15FN4. The highest BCUT2D eigenvalue weighted by molar-refractivity contribution is 5.44. The number of halogens is 1. The normalized spacial score (nSPS) is 17.3. The standard InChI is InChI=1S/C14H15FN4/c1-8-4-13(19-14(16)17-8)18-12-6-9-2-3-11(15)5-10(9)7-12/h2-5,12H,6-7H2,1H3,(H3,16,17,18,19). The van der Waals surface area contributed by atoms with Gasteiger partial charge in [-0.1, -0.05) is 6.07 Å². The molecule has 0 fully saturated rings. The lowest BCUT2D eigenvalue weighted by Gasteiger charge is -2.13. The highest BCUT2D eigenvalue weighted by Crippen LogP contribution is 2.25. The molecule has 1 unspecified atom stereocenters. The number of nitrogens with zero attached hydrogens (tertiary/aromatic N) is 2. The zero-order valence-electron chi connectivity index (χ0n) is 10.7. The molecule has 2 aromatic rings. The average molecular weight is 258 g/mol. The van der Waals surface area contributed by atoms with E-state index in [1.165, 1.54) is 11.6 Å². The van der Waals surface area contributed by atoms with Crippen molar-refractivity contribution in [2.45, 2.75) is 25.8 Å². The molecule has 0 radical (unpaired) electrons. The third-order valence-corrected chi connectivity index (χ3v) is 3.32. The SMILES string of the molecule is Cc1cc(NC2Cc3ccc(F)cc3C2)nc(N)n1. The van der Waals surface area contributed by atoms with Crippen molar-refractivity contribution in [1.29, 1.82) is 0 Å². The maximum atomic E-state index is 13.2. The summed E-state index contributed by atoms with van der Waals surface area (Å²) in [5.74, 6) is 0.814. The van der Waals surface area contributed by atoms with Crippen LogP contribution in [0.5, 0.6) is 0 Å². The van der Waals surface area contributed by atoms with Gasteiger partial charge in [-0.05, 0) is 43.0 Å². The number of aromatic nitrogens is 2. The number of aryl methyl sites for hydroxylation is 1. The molecule has 0 spiro atoms. The second kappa shape index (κ2) is 4.50. The van der Waals surface area contributed by atoms with Crippen LogP contribution >= 0.6 is 0 Å². The lowest BCUT2D eigenvalue weighted by Crippen LogP contribution is -2.20. The van der Waals surface area contributed by atoms with Gasteiger partial charge < -0.3 is 11.1 Å². The first-order valence-corrected chi connectivity index (χ1v) is 6.25. The van der Waals surface area contributed by atoms with Crippen LogP contribution in [0.3, 0.4) is 0 Å². The van der Waals surface area contributed by atoms with E-state index in [9.17, 15) is 4.39 Å². The van der Waals surface area contributed by atoms with Gasteiger partial charge in [0.1, 0.15) is 11.6 Å². The molecular weight excluding hydrogens is 243 g/mol. The van der Waals surface area contributed by atoms with Gasteiger partial charge in [-0.25, -0.2) is 9.37 Å². The summed E-state index contributed by atoms with van der Waals surface area (Å²) in [5.41, 5.74) is 8.71. The Balaban J connectivity index is 1.76. The molecule has 0 saturated heterocycles. The van der Waals surface area contributed by atoms with E-state index < -0.39 is 0 Å². The summed E-state index contributed by atoms with van der Waals surface area (Å²) in [5, 5.41) is 3.34. The van der Waals surface area contributed by atoms with Gasteiger partial charge >= 0.3 is 0 Å². The molecule has 0 bridgehead atoms. The van der Waals surface area contributed by atoms with Crippen LogP contribution in [0.15, 0.2) is 24.3 Å². The van der Waals surface area contributed by atoms with E-state index in [2.05, 4.69) is 15.3 Å². The van der Waals surface area contributed by atoms with Crippen molar-refractivity contribution in [3.05, 3.63) is 46.9 Å². The van der Waals surface area contributed by atoms with Crippen molar-refractivity contribution in [2.75, 3.05) is 11.1 Å². The number of anilines is 2. The largest absolute Gasteiger partial charge is 0.368 e. The van der Waals surface area contributed by atoms with Crippen LogP contribution in [0.4, 0.5) is 16.2 Å². The molecule has 1 aliphatic rings. The maximum Gasteiger partial charge on any atom is 0.222 e. The van der Waals surface area contributed by atoms with Crippen LogP contribution in [0.25, 0.3) is 0 Å². The van der Waals surface area contributed by atoms with Gasteiger partial charge in [-0.2, -0.15) is 4.98 Å². The van der Waals surface area contributed by atoms with Gasteiger partial charge in [0, 0.05) is 17.8 Å². The molecule has 1 aromatic carbocycles. The summed E-state index contributed by atoms with van der Waals surface area (Å²) in [4.78, 5) is 8.20. The van der Waals surface area contributed by atoms with Crippen LogP contribution in [0.1, 0.15) is 16.8 Å². The van der Waals surface area contributed by atoms with E-state index >= 15 is 0 Å². The highest BCUT2D eigenvalue weighted by Gasteiger charge is 2.22. The lowest BCUT2D eigenvalue weighted by molar-refractivity contribution is 0.625. The molecule has 1 atom stereocenters. The number of hydrogen-bond donors (Lipinski definition) is 2. The third kappa shape index (κ3) is 2.50. The van der Waals surface area contributed by atoms with E-state index in [0.717, 1.165) is 29.9 Å². The van der Waals surface area contributed by atoms with E-state index in [1.807, 2.05) is 19.1 Å². The summed E-state index contributed by atoms with van der Waals surface area (Å²) in [7, 11) is 0. The van der Waals surface area contributed by atoms with E-state index in [-0.39, 0.29) is 17.8 Å². The minimum absolute atomic E-state index is 0.179. The number of rotatable bonds is 2. The van der Waals surface area contributed by atoms with Crippen molar-refractivity contribution < 1.29 is 4.39 Å². The van der Waals surface area contributed by atoms with E-state index in [0.29, 0.717) is 0 Å². The predicted octanol–water partition coefficient (Wildman–Crippen LogP) is 2.09. The van der Waals surface area contributed by atoms with Gasteiger partial charge in [0.25, 0.3) is 0 Å². The second-order valence-corrected chi connectivity index (χ2v) is 4.92. The van der Waals surface area contributed by atoms with Gasteiger partial charge in [0.05, 0.1) is 0 Å². The van der Waals surface area contributed by atoms with Crippen LogP contribution in [0.2, 0.25) is 0 Å². The summed E-state index contributed by atoms with van der Waals surface area (Å²) in [6.45, 7) is 1.88. The first kappa shape index (κ1) is 11.9. The molecule has 3 N–H and O–H groups in total. The van der Waals surface area contributed by atoms with Crippen LogP contribution in [-0.4, -0.2) is 16.0 Å². The molecule has 19 heavy (non-hydrogen) atoms. The molecule has 3 rings (SSSR count). The molecule has 0 saturated carbocycles. The van der Waals surface area contributed by atoms with Gasteiger partial charge in [0.2, 0.25) is 5.95 Å². The van der Waals surface area contributed by atoms with Crippen molar-refractivity contribution in [3.63, 3.8) is 0 Å². The zero-order chi connectivity index (χ0) is 13.4. The summed E-state index contributed by atoms with van der Waals surface area (Å²) >= 11 is 0. The Kier molecular flexibility index (Phi) is 2.81. The highest BCUT2D eigenvalue weighted by atomic mass is 19.1. The Morgan fingerprint density at radius 2 is 2.00 bits per heavy atom. The number of fused-ring (bicyclic) bond motifs is 1. The third-order valence-electron chi connectivity index (χ3n) is 3.32. The minimum atomic E-state index is -0.179. The Morgan fingerprint density at radius 1 is 1.21 bits per heavy atom. The fourth-order valence-electron chi connectivity index (χ4n) is 2.56. The Bertz CT molecular complexity index is 607. The molecule has 0 aliphatic heterocycles. The van der Waals surface area contributed by atoms with Gasteiger partial charge in [0.15, 0.2) is 0 Å². The zero-order valence-corrected chi connectivity index (χ0v) is 10.7. The lowest BCUT2D eigenvalue weighted by atomic mass is 10.1. The van der Waals surface area contributed by atoms with Gasteiger partial charge in [-0.3, -0.25) is 0 Å². The summed E-state index contributed by atoms with van der Waals surface area (Å²) in [6.07, 6.45) is 1.68. The molecule has 98 valence electrons. The Hall–Kier alpha value is -2.17. The smallest absolute Gasteiger partial charge is 0.222 e. The fraction of sp³-hybridized carbons (Fsp3) is 0.286. The number of nitrogen functional groups attached to an aromatic ring is 1. The number of nitrogens with one attached hydrogen (secondary N) is 1. The average Bonchev–Trinajstić information content (AvgIpc) is 2.68. The van der Waals surface area contributed by atoms with Gasteiger partial charge in [-0.15, -0.1) is 0 Å². The second-order valence-electron chi connectivity index (χ2n) is 4.92. The Labute approximate surface area is 110 Å². The number of nitrogens with two attached hydrogens (primary N) is 1. The fourth-order valence-corrected chi connectivity index (χ4v) is 2.56. The molecule has 0 amide bonds. The van der Waals surface area contributed by atoms with Crippen molar-refractivity contribution in [1.82, 2.24) is 9.97 Å². The van der Waals surface area contributed by atoms with Crippen molar-refractivity contribution in [3.8, 4) is 0 Å². The van der Waals surface area contributed by atoms with Crippen molar-refractivity contribution >= 4 is 11.8 Å². The van der Waals surface area contributed by atoms with Crippen LogP contribution in [0, 0.1) is 12.7 Å². The van der Waals surface area contributed by atoms with Crippen LogP contribution < -0.4 is 11.1 Å². The molecule has 4 nitrogen and oxygen atoms in total. The van der Waals surface area contributed by atoms with E-state index in [1.54, 1.807) is 6.07 Å².